The molecule has 0 saturated heterocycles. The number of nitrogens with zero attached hydrogens (tertiary/aromatic N) is 3. The van der Waals surface area contributed by atoms with Crippen LogP contribution in [0, 0.1) is 12.7 Å². The van der Waals surface area contributed by atoms with Gasteiger partial charge in [0.1, 0.15) is 22.4 Å². The highest BCUT2D eigenvalue weighted by Gasteiger charge is 2.28. The minimum absolute atomic E-state index is 0.0319. The van der Waals surface area contributed by atoms with Crippen LogP contribution >= 0.6 is 11.6 Å². The zero-order valence-electron chi connectivity index (χ0n) is 19.9. The topological polar surface area (TPSA) is 136 Å². The fourth-order valence-electron chi connectivity index (χ4n) is 4.31. The van der Waals surface area contributed by atoms with Crippen molar-refractivity contribution in [2.45, 2.75) is 13.5 Å². The Morgan fingerprint density at radius 1 is 1.21 bits per heavy atom. The average Bonchev–Trinajstić information content (AvgIpc) is 3.17. The Morgan fingerprint density at radius 3 is 2.71 bits per heavy atom. The largest absolute Gasteiger partial charge is 0.497 e. The van der Waals surface area contributed by atoms with Crippen molar-refractivity contribution in [3.05, 3.63) is 86.9 Å². The van der Waals surface area contributed by atoms with Crippen molar-refractivity contribution < 1.29 is 22.3 Å². The molecule has 194 valence electrons. The molecule has 0 atom stereocenters. The van der Waals surface area contributed by atoms with E-state index in [1.54, 1.807) is 30.3 Å². The van der Waals surface area contributed by atoms with Crippen LogP contribution in [-0.2, 0) is 17.4 Å². The summed E-state index contributed by atoms with van der Waals surface area (Å²) in [7, 11) is -1.82. The monoisotopic (exact) mass is 555 g/mol. The minimum Gasteiger partial charge on any atom is -0.497 e. The van der Waals surface area contributed by atoms with E-state index in [-0.39, 0.29) is 45.2 Å². The highest BCUT2D eigenvalue weighted by molar-refractivity contribution is 7.71. The molecular formula is C25H19ClFN5O5S. The van der Waals surface area contributed by atoms with Gasteiger partial charge in [0.15, 0.2) is 0 Å². The van der Waals surface area contributed by atoms with Crippen LogP contribution < -0.4 is 15.0 Å². The lowest BCUT2D eigenvalue weighted by molar-refractivity contribution is 0.0975. The molecule has 4 aromatic heterocycles. The summed E-state index contributed by atoms with van der Waals surface area (Å²) in [5.41, 5.74) is 0.696. The Hall–Kier alpha value is -4.29. The van der Waals surface area contributed by atoms with Crippen LogP contribution in [-0.4, -0.2) is 41.0 Å². The first-order valence-electron chi connectivity index (χ1n) is 11.1. The van der Waals surface area contributed by atoms with E-state index in [1.165, 1.54) is 36.9 Å². The number of nitrogens with one attached hydrogen (secondary N) is 2. The maximum Gasteiger partial charge on any atom is 0.281 e. The molecule has 0 unspecified atom stereocenters. The smallest absolute Gasteiger partial charge is 0.281 e. The number of aromatic nitrogens is 4. The van der Waals surface area contributed by atoms with Crippen LogP contribution in [0.25, 0.3) is 33.1 Å². The molecule has 5 aromatic rings. The molecule has 0 saturated carbocycles. The van der Waals surface area contributed by atoms with Crippen molar-refractivity contribution in [2.75, 3.05) is 7.11 Å². The lowest BCUT2D eigenvalue weighted by Crippen LogP contribution is -2.26. The van der Waals surface area contributed by atoms with Gasteiger partial charge < -0.3 is 14.3 Å². The quantitative estimate of drug-likeness (QED) is 0.216. The molecule has 1 aromatic carbocycles. The van der Waals surface area contributed by atoms with Gasteiger partial charge in [0, 0.05) is 34.8 Å². The van der Waals surface area contributed by atoms with Gasteiger partial charge in [-0.05, 0) is 37.3 Å². The number of halogens is 2. The van der Waals surface area contributed by atoms with Crippen LogP contribution in [0.5, 0.6) is 5.75 Å². The van der Waals surface area contributed by atoms with Gasteiger partial charge >= 0.3 is 0 Å². The number of fused-ring (bicyclic) bond motifs is 2. The van der Waals surface area contributed by atoms with Gasteiger partial charge in [0.2, 0.25) is 10.9 Å². The number of thiol groups is 1. The predicted molar refractivity (Wildman–Crippen MR) is 141 cm³/mol. The van der Waals surface area contributed by atoms with Gasteiger partial charge in [-0.1, -0.05) is 11.6 Å². The summed E-state index contributed by atoms with van der Waals surface area (Å²) in [6, 6.07) is 11.2. The van der Waals surface area contributed by atoms with Gasteiger partial charge in [0.25, 0.3) is 11.5 Å². The van der Waals surface area contributed by atoms with E-state index in [0.717, 1.165) is 5.39 Å². The molecule has 0 aliphatic heterocycles. The first-order valence-corrected chi connectivity index (χ1v) is 12.7. The predicted octanol–water partition coefficient (Wildman–Crippen LogP) is 3.35. The molecule has 4 heterocycles. The van der Waals surface area contributed by atoms with Crippen molar-refractivity contribution in [2.24, 2.45) is 0 Å². The number of rotatable bonds is 6. The molecule has 0 spiro atoms. The van der Waals surface area contributed by atoms with E-state index in [4.69, 9.17) is 16.3 Å². The zero-order chi connectivity index (χ0) is 27.1. The van der Waals surface area contributed by atoms with Crippen molar-refractivity contribution >= 4 is 50.3 Å². The number of methoxy groups -OCH3 is 1. The number of benzene rings is 1. The van der Waals surface area contributed by atoms with E-state index < -0.39 is 28.2 Å². The summed E-state index contributed by atoms with van der Waals surface area (Å²) in [6.07, 6.45) is 1.41. The number of hydrogen-bond donors (Lipinski definition) is 3. The summed E-state index contributed by atoms with van der Waals surface area (Å²) >= 11 is 6.51. The molecule has 0 radical (unpaired) electrons. The summed E-state index contributed by atoms with van der Waals surface area (Å²) < 4.78 is 46.1. The third kappa shape index (κ3) is 4.48. The molecule has 2 N–H and O–H groups in total. The van der Waals surface area contributed by atoms with Crippen LogP contribution in [0.4, 0.5) is 4.39 Å². The molecule has 10 nitrogen and oxygen atoms in total. The average molecular weight is 556 g/mol. The Labute approximate surface area is 221 Å². The van der Waals surface area contributed by atoms with Crippen LogP contribution in [0.15, 0.2) is 53.5 Å². The Balaban J connectivity index is 1.83. The highest BCUT2D eigenvalue weighted by Crippen LogP contribution is 2.35. The van der Waals surface area contributed by atoms with E-state index in [9.17, 15) is 22.4 Å². The standard InChI is InChI=1S/C25H19ClFN5O5S/c1-12-17(27)10-19-21(29-12)20(16-4-3-7-28-24(16)33)22(25(34)31-38(35)36)32(19)11-14-8-13-5-6-15(37-2)9-18(13)30-23(14)26/h3-10,38H,11H2,1-2H3,(H,28,33)(H,31,34,35,36). The maximum absolute atomic E-state index is 14.8. The second kappa shape index (κ2) is 9.88. The molecule has 0 aliphatic rings. The van der Waals surface area contributed by atoms with Crippen molar-refractivity contribution in [1.29, 1.82) is 0 Å². The second-order valence-corrected chi connectivity index (χ2v) is 9.44. The number of carbonyl (C=O) groups is 1. The molecule has 1 amide bonds. The van der Waals surface area contributed by atoms with Crippen LogP contribution in [0.2, 0.25) is 5.15 Å². The number of amides is 1. The van der Waals surface area contributed by atoms with Gasteiger partial charge in [-0.3, -0.25) is 9.59 Å². The third-order valence-corrected chi connectivity index (χ3v) is 6.75. The fourth-order valence-corrected chi connectivity index (χ4v) is 4.79. The van der Waals surface area contributed by atoms with Crippen LogP contribution in [0.3, 0.4) is 0 Å². The molecule has 38 heavy (non-hydrogen) atoms. The lowest BCUT2D eigenvalue weighted by Gasteiger charge is -2.13. The first kappa shape index (κ1) is 25.4. The molecular weight excluding hydrogens is 537 g/mol. The molecule has 5 rings (SSSR count). The number of pyridine rings is 3. The summed E-state index contributed by atoms with van der Waals surface area (Å²) in [4.78, 5) is 37.3. The van der Waals surface area contributed by atoms with E-state index >= 15 is 0 Å². The van der Waals surface area contributed by atoms with Crippen molar-refractivity contribution in [3.8, 4) is 16.9 Å². The van der Waals surface area contributed by atoms with Crippen molar-refractivity contribution in [1.82, 2.24) is 24.2 Å². The molecule has 13 heteroatoms. The van der Waals surface area contributed by atoms with E-state index in [0.29, 0.717) is 16.8 Å². The number of H-pyrrole nitrogens is 1. The summed E-state index contributed by atoms with van der Waals surface area (Å²) in [6.45, 7) is 1.33. The lowest BCUT2D eigenvalue weighted by atomic mass is 10.1. The zero-order valence-corrected chi connectivity index (χ0v) is 21.6. The Morgan fingerprint density at radius 2 is 2.00 bits per heavy atom. The first-order chi connectivity index (χ1) is 18.2. The number of carbonyl (C=O) groups excluding carboxylic acids is 1. The Kier molecular flexibility index (Phi) is 6.59. The third-order valence-electron chi connectivity index (χ3n) is 6.04. The Bertz CT molecular complexity index is 1890. The van der Waals surface area contributed by atoms with E-state index in [2.05, 4.69) is 15.0 Å². The fraction of sp³-hybridized carbons (Fsp3) is 0.120. The number of aryl methyl sites for hydroxylation is 1. The number of ether oxygens (including phenoxy) is 1. The number of aromatic amines is 1. The normalized spacial score (nSPS) is 11.4. The van der Waals surface area contributed by atoms with Gasteiger partial charge in [0.05, 0.1) is 41.5 Å². The van der Waals surface area contributed by atoms with Gasteiger partial charge in [-0.25, -0.2) is 27.5 Å². The second-order valence-electron chi connectivity index (χ2n) is 8.34. The molecule has 0 aliphatic carbocycles. The van der Waals surface area contributed by atoms with E-state index in [1.807, 2.05) is 4.72 Å². The molecule has 0 fully saturated rings. The SMILES string of the molecule is COc1ccc2cc(Cn3c(C(=O)N[SH](=O)=O)c(-c4ccc[nH]c4=O)c4nc(C)c(F)cc43)c(Cl)nc2c1. The highest BCUT2D eigenvalue weighted by atomic mass is 35.5. The van der Waals surface area contributed by atoms with Gasteiger partial charge in [-0.15, -0.1) is 0 Å². The summed E-state index contributed by atoms with van der Waals surface area (Å²) in [5.74, 6) is -1.09. The molecule has 0 bridgehead atoms. The minimum atomic E-state index is -3.34. The van der Waals surface area contributed by atoms with Gasteiger partial charge in [-0.2, -0.15) is 0 Å². The number of hydrogen-bond acceptors (Lipinski definition) is 7. The van der Waals surface area contributed by atoms with Crippen molar-refractivity contribution in [3.63, 3.8) is 0 Å². The van der Waals surface area contributed by atoms with Crippen LogP contribution in [0.1, 0.15) is 21.7 Å². The summed E-state index contributed by atoms with van der Waals surface area (Å²) in [5, 5.41) is 0.823. The maximum atomic E-state index is 14.8.